The van der Waals surface area contributed by atoms with Gasteiger partial charge in [-0.15, -0.1) is 0 Å². The van der Waals surface area contributed by atoms with Crippen molar-refractivity contribution < 1.29 is 14.7 Å². The SMILES string of the molecule is N#CO.N=C=O.N=C=O.c1ccc2ccccc2c1. The summed E-state index contributed by atoms with van der Waals surface area (Å²) in [5, 5.41) is 27.2. The van der Waals surface area contributed by atoms with Gasteiger partial charge in [0, 0.05) is 0 Å². The predicted octanol–water partition coefficient (Wildman–Crippen LogP) is 2.48. The van der Waals surface area contributed by atoms with Crippen LogP contribution in [0, 0.1) is 22.3 Å². The molecule has 2 aromatic rings. The second-order valence-electron chi connectivity index (χ2n) is 2.65. The van der Waals surface area contributed by atoms with Crippen molar-refractivity contribution >= 4 is 22.9 Å². The van der Waals surface area contributed by atoms with E-state index in [0.29, 0.717) is 0 Å². The Hall–Kier alpha value is -3.25. The van der Waals surface area contributed by atoms with Crippen molar-refractivity contribution in [3.05, 3.63) is 48.5 Å². The number of nitrogens with one attached hydrogen (secondary N) is 2. The summed E-state index contributed by atoms with van der Waals surface area (Å²) < 4.78 is 0. The van der Waals surface area contributed by atoms with Gasteiger partial charge in [-0.25, -0.2) is 20.4 Å². The summed E-state index contributed by atoms with van der Waals surface area (Å²) in [7, 11) is 0. The van der Waals surface area contributed by atoms with Crippen molar-refractivity contribution in [3.63, 3.8) is 0 Å². The van der Waals surface area contributed by atoms with Crippen molar-refractivity contribution in [1.82, 2.24) is 0 Å². The zero-order valence-electron chi connectivity index (χ0n) is 9.83. The van der Waals surface area contributed by atoms with Crippen LogP contribution in [-0.2, 0) is 9.59 Å². The molecular weight excluding hydrogens is 246 g/mol. The molecular formula is C13H11N3O3. The zero-order valence-corrected chi connectivity index (χ0v) is 9.83. The average molecular weight is 257 g/mol. The normalized spacial score (nSPS) is 6.47. The second kappa shape index (κ2) is 14.8. The molecule has 0 amide bonds. The summed E-state index contributed by atoms with van der Waals surface area (Å²) in [5.74, 6) is 0. The highest BCUT2D eigenvalue weighted by Crippen LogP contribution is 2.11. The maximum Gasteiger partial charge on any atom is 0.283 e. The van der Waals surface area contributed by atoms with Crippen LogP contribution in [-0.4, -0.2) is 17.3 Å². The van der Waals surface area contributed by atoms with Gasteiger partial charge < -0.3 is 5.11 Å². The summed E-state index contributed by atoms with van der Waals surface area (Å²) in [5.41, 5.74) is 0. The first-order valence-corrected chi connectivity index (χ1v) is 4.76. The van der Waals surface area contributed by atoms with Crippen molar-refractivity contribution in [2.75, 3.05) is 0 Å². The largest absolute Gasteiger partial charge is 0.443 e. The van der Waals surface area contributed by atoms with E-state index in [1.807, 2.05) is 0 Å². The number of hydrogen-bond donors (Lipinski definition) is 3. The van der Waals surface area contributed by atoms with E-state index in [1.165, 1.54) is 10.8 Å². The van der Waals surface area contributed by atoms with Crippen LogP contribution >= 0.6 is 0 Å². The van der Waals surface area contributed by atoms with Crippen molar-refractivity contribution in [3.8, 4) is 6.26 Å². The van der Waals surface area contributed by atoms with E-state index in [-0.39, 0.29) is 0 Å². The first-order chi connectivity index (χ1) is 9.21. The topological polar surface area (TPSA) is 126 Å². The van der Waals surface area contributed by atoms with Crippen LogP contribution in [0.2, 0.25) is 0 Å². The third-order valence-electron chi connectivity index (χ3n) is 1.66. The zero-order chi connectivity index (χ0) is 14.9. The fourth-order valence-corrected chi connectivity index (χ4v) is 1.13. The first kappa shape index (κ1) is 18.1. The number of rotatable bonds is 0. The van der Waals surface area contributed by atoms with Gasteiger partial charge in [-0.3, -0.25) is 0 Å². The van der Waals surface area contributed by atoms with Crippen molar-refractivity contribution in [2.24, 2.45) is 0 Å². The Labute approximate surface area is 109 Å². The van der Waals surface area contributed by atoms with Crippen molar-refractivity contribution in [2.45, 2.75) is 0 Å². The monoisotopic (exact) mass is 257 g/mol. The maximum absolute atomic E-state index is 8.35. The smallest absolute Gasteiger partial charge is 0.283 e. The van der Waals surface area contributed by atoms with Gasteiger partial charge in [-0.05, 0) is 10.8 Å². The first-order valence-electron chi connectivity index (χ1n) is 4.76. The molecule has 0 radical (unpaired) electrons. The number of nitrogens with zero attached hydrogens (tertiary/aromatic N) is 1. The summed E-state index contributed by atoms with van der Waals surface area (Å²) in [6.07, 6.45) is 2.25. The van der Waals surface area contributed by atoms with E-state index in [2.05, 4.69) is 48.5 Å². The Kier molecular flexibility index (Phi) is 14.1. The van der Waals surface area contributed by atoms with E-state index in [4.69, 9.17) is 30.8 Å². The van der Waals surface area contributed by atoms with Gasteiger partial charge in [-0.1, -0.05) is 48.5 Å². The van der Waals surface area contributed by atoms with E-state index >= 15 is 0 Å². The number of aliphatic hydroxyl groups excluding tert-OH is 1. The molecule has 0 spiro atoms. The number of fused-ring (bicyclic) bond motifs is 1. The molecule has 0 aliphatic heterocycles. The van der Waals surface area contributed by atoms with Crippen LogP contribution < -0.4 is 0 Å². The minimum atomic E-state index is 0.750. The predicted molar refractivity (Wildman–Crippen MR) is 68.3 cm³/mol. The van der Waals surface area contributed by atoms with Crippen LogP contribution in [0.15, 0.2) is 48.5 Å². The van der Waals surface area contributed by atoms with Gasteiger partial charge in [0.15, 0.2) is 0 Å². The summed E-state index contributed by atoms with van der Waals surface area (Å²) in [6.45, 7) is 0. The Morgan fingerprint density at radius 3 is 1.16 bits per heavy atom. The van der Waals surface area contributed by atoms with E-state index in [9.17, 15) is 0 Å². The fraction of sp³-hybridized carbons (Fsp3) is 0. The maximum atomic E-state index is 8.35. The lowest BCUT2D eigenvalue weighted by Gasteiger charge is -1.92. The number of carbonyl (C=O) groups excluding carboxylic acids is 2. The molecule has 2 rings (SSSR count). The molecule has 0 bridgehead atoms. The molecule has 3 N–H and O–H groups in total. The van der Waals surface area contributed by atoms with Gasteiger partial charge in [0.2, 0.25) is 12.2 Å². The number of aliphatic hydroxyl groups is 1. The molecule has 0 aliphatic carbocycles. The summed E-state index contributed by atoms with van der Waals surface area (Å²) in [4.78, 5) is 16.7. The second-order valence-corrected chi connectivity index (χ2v) is 2.65. The minimum Gasteiger partial charge on any atom is -0.443 e. The van der Waals surface area contributed by atoms with Gasteiger partial charge in [0.05, 0.1) is 0 Å². The highest BCUT2D eigenvalue weighted by Gasteiger charge is 1.85. The Balaban J connectivity index is 0. The number of nitriles is 1. The third kappa shape index (κ3) is 11.0. The molecule has 0 heterocycles. The number of isocyanates is 2. The van der Waals surface area contributed by atoms with Crippen LogP contribution in [0.3, 0.4) is 0 Å². The van der Waals surface area contributed by atoms with Gasteiger partial charge in [0.25, 0.3) is 6.26 Å². The van der Waals surface area contributed by atoms with Crippen LogP contribution in [0.1, 0.15) is 0 Å². The molecule has 2 aromatic carbocycles. The van der Waals surface area contributed by atoms with Gasteiger partial charge in [-0.2, -0.15) is 5.26 Å². The number of hydrogen-bond acceptors (Lipinski definition) is 6. The molecule has 0 unspecified atom stereocenters. The lowest BCUT2D eigenvalue weighted by Crippen LogP contribution is -1.67. The Bertz CT molecular complexity index is 501. The molecule has 0 saturated heterocycles. The molecule has 0 fully saturated rings. The summed E-state index contributed by atoms with van der Waals surface area (Å²) >= 11 is 0. The van der Waals surface area contributed by atoms with E-state index < -0.39 is 0 Å². The van der Waals surface area contributed by atoms with Crippen molar-refractivity contribution in [1.29, 1.82) is 16.1 Å². The molecule has 96 valence electrons. The van der Waals surface area contributed by atoms with Gasteiger partial charge in [0.1, 0.15) is 0 Å². The quantitative estimate of drug-likeness (QED) is 0.380. The Morgan fingerprint density at radius 1 is 0.842 bits per heavy atom. The standard InChI is InChI=1S/C10H8.3CHNO/c1-2-6-10-8-4-3-7-9(10)5-1;3*2-1-3/h1-8H;3H;2*2H. The van der Waals surface area contributed by atoms with E-state index in [1.54, 1.807) is 0 Å². The lowest BCUT2D eigenvalue weighted by molar-refractivity contribution is 0.503. The van der Waals surface area contributed by atoms with Crippen LogP contribution in [0.25, 0.3) is 10.8 Å². The molecule has 6 heteroatoms. The summed E-state index contributed by atoms with van der Waals surface area (Å²) in [6, 6.07) is 16.7. The minimum absolute atomic E-state index is 0.750. The molecule has 0 aliphatic rings. The third-order valence-corrected chi connectivity index (χ3v) is 1.66. The molecule has 0 atom stereocenters. The average Bonchev–Trinajstić information content (AvgIpc) is 2.42. The Morgan fingerprint density at radius 2 is 1.00 bits per heavy atom. The van der Waals surface area contributed by atoms with E-state index in [0.717, 1.165) is 18.4 Å². The number of benzene rings is 2. The molecule has 19 heavy (non-hydrogen) atoms. The van der Waals surface area contributed by atoms with Crippen LogP contribution in [0.5, 0.6) is 0 Å². The van der Waals surface area contributed by atoms with Crippen LogP contribution in [0.4, 0.5) is 0 Å². The van der Waals surface area contributed by atoms with Gasteiger partial charge >= 0.3 is 0 Å². The fourth-order valence-electron chi connectivity index (χ4n) is 1.13. The lowest BCUT2D eigenvalue weighted by atomic mass is 10.1. The highest BCUT2D eigenvalue weighted by atomic mass is 16.2. The highest BCUT2D eigenvalue weighted by molar-refractivity contribution is 5.81. The molecule has 0 saturated carbocycles. The molecule has 0 aromatic heterocycles. The molecule has 6 nitrogen and oxygen atoms in total.